The zero-order valence-corrected chi connectivity index (χ0v) is 25.1. The van der Waals surface area contributed by atoms with E-state index in [0.29, 0.717) is 25.1 Å². The fourth-order valence-corrected chi connectivity index (χ4v) is 6.75. The van der Waals surface area contributed by atoms with Gasteiger partial charge in [-0.1, -0.05) is 68.4 Å². The number of aliphatic hydroxyl groups is 1. The van der Waals surface area contributed by atoms with Crippen molar-refractivity contribution in [3.8, 4) is 22.4 Å². The summed E-state index contributed by atoms with van der Waals surface area (Å²) in [6.45, 7) is 5.68. The summed E-state index contributed by atoms with van der Waals surface area (Å²) in [5, 5.41) is 22.1. The number of anilines is 1. The van der Waals surface area contributed by atoms with Gasteiger partial charge in [0, 0.05) is 42.1 Å². The van der Waals surface area contributed by atoms with E-state index in [1.807, 2.05) is 93.4 Å². The quantitative estimate of drug-likeness (QED) is 0.329. The van der Waals surface area contributed by atoms with Crippen LogP contribution >= 0.6 is 0 Å². The summed E-state index contributed by atoms with van der Waals surface area (Å²) in [6, 6.07) is 20.1. The van der Waals surface area contributed by atoms with E-state index in [1.54, 1.807) is 0 Å². The Morgan fingerprint density at radius 3 is 2.24 bits per heavy atom. The molecule has 1 aromatic heterocycles. The van der Waals surface area contributed by atoms with Crippen LogP contribution in [0.1, 0.15) is 71.3 Å². The van der Waals surface area contributed by atoms with Crippen LogP contribution in [-0.4, -0.2) is 50.7 Å². The highest BCUT2D eigenvalue weighted by molar-refractivity contribution is 5.91. The molecule has 3 aromatic rings. The molecule has 4 N–H and O–H groups in total. The number of carbonyl (C=O) groups is 2. The fraction of sp³-hybridized carbons (Fsp3) is 0.471. The molecular formula is C34H43N5O3. The predicted molar refractivity (Wildman–Crippen MR) is 165 cm³/mol. The monoisotopic (exact) mass is 569 g/mol. The largest absolute Gasteiger partial charge is 0.390 e. The van der Waals surface area contributed by atoms with Gasteiger partial charge in [0.2, 0.25) is 11.8 Å². The number of hydrogen-bond donors (Lipinski definition) is 3. The van der Waals surface area contributed by atoms with Crippen LogP contribution in [0.5, 0.6) is 0 Å². The van der Waals surface area contributed by atoms with Crippen molar-refractivity contribution in [2.24, 2.45) is 17.6 Å². The van der Waals surface area contributed by atoms with E-state index >= 15 is 0 Å². The molecule has 0 unspecified atom stereocenters. The Morgan fingerprint density at radius 1 is 1.00 bits per heavy atom. The van der Waals surface area contributed by atoms with Crippen molar-refractivity contribution in [1.82, 2.24) is 15.1 Å². The first-order valence-electron chi connectivity index (χ1n) is 15.1. The number of nitrogens with two attached hydrogens (primary N) is 1. The normalized spacial score (nSPS) is 25.5. The van der Waals surface area contributed by atoms with Crippen molar-refractivity contribution in [3.63, 3.8) is 0 Å². The maximum absolute atomic E-state index is 13.0. The molecule has 8 heteroatoms. The summed E-state index contributed by atoms with van der Waals surface area (Å²) in [5.41, 5.74) is 9.76. The van der Waals surface area contributed by atoms with Crippen LogP contribution in [0.4, 0.5) is 5.82 Å². The molecule has 2 aliphatic rings. The lowest BCUT2D eigenvalue weighted by molar-refractivity contribution is -0.136. The molecule has 0 bridgehead atoms. The van der Waals surface area contributed by atoms with Gasteiger partial charge in [-0.05, 0) is 68.6 Å². The van der Waals surface area contributed by atoms with Gasteiger partial charge < -0.3 is 21.1 Å². The molecule has 0 aliphatic heterocycles. The van der Waals surface area contributed by atoms with Crippen LogP contribution in [0.2, 0.25) is 0 Å². The predicted octanol–water partition coefficient (Wildman–Crippen LogP) is 5.51. The van der Waals surface area contributed by atoms with E-state index in [0.717, 1.165) is 53.6 Å². The minimum Gasteiger partial charge on any atom is -0.390 e. The summed E-state index contributed by atoms with van der Waals surface area (Å²) in [7, 11) is 1.90. The SMILES string of the molecule is CC(C)C(=O)N(C)C1CCC(CC(=O)Nc2cc(-c3ccccc3)c(-c3ccc([C@]4(N)C[C@](C)(O)C4)cc3)nn2)CC1. The Hall–Kier alpha value is -3.62. The molecule has 2 aromatic carbocycles. The van der Waals surface area contributed by atoms with E-state index < -0.39 is 11.1 Å². The Morgan fingerprint density at radius 2 is 1.64 bits per heavy atom. The van der Waals surface area contributed by atoms with Gasteiger partial charge in [0.1, 0.15) is 5.69 Å². The Kier molecular flexibility index (Phi) is 8.49. The number of rotatable bonds is 8. The zero-order valence-electron chi connectivity index (χ0n) is 25.1. The van der Waals surface area contributed by atoms with Gasteiger partial charge in [-0.3, -0.25) is 9.59 Å². The minimum absolute atomic E-state index is 0.00442. The molecule has 0 atom stereocenters. The lowest BCUT2D eigenvalue weighted by Gasteiger charge is -2.49. The molecular weight excluding hydrogens is 526 g/mol. The van der Waals surface area contributed by atoms with Crippen LogP contribution in [0.3, 0.4) is 0 Å². The average molecular weight is 570 g/mol. The van der Waals surface area contributed by atoms with Crippen LogP contribution < -0.4 is 11.1 Å². The van der Waals surface area contributed by atoms with E-state index in [4.69, 9.17) is 5.73 Å². The first kappa shape index (κ1) is 29.9. The molecule has 2 amide bonds. The molecule has 2 fully saturated rings. The van der Waals surface area contributed by atoms with Crippen molar-refractivity contribution in [2.45, 2.75) is 82.9 Å². The van der Waals surface area contributed by atoms with Crippen molar-refractivity contribution in [1.29, 1.82) is 0 Å². The molecule has 2 saturated carbocycles. The lowest BCUT2D eigenvalue weighted by atomic mass is 9.63. The second-order valence-corrected chi connectivity index (χ2v) is 13.0. The summed E-state index contributed by atoms with van der Waals surface area (Å²) >= 11 is 0. The number of benzene rings is 2. The third-order valence-corrected chi connectivity index (χ3v) is 8.95. The van der Waals surface area contributed by atoms with Gasteiger partial charge in [0.25, 0.3) is 0 Å². The molecule has 222 valence electrons. The highest BCUT2D eigenvalue weighted by atomic mass is 16.3. The van der Waals surface area contributed by atoms with Gasteiger partial charge in [-0.15, -0.1) is 10.2 Å². The molecule has 0 spiro atoms. The summed E-state index contributed by atoms with van der Waals surface area (Å²) in [5.74, 6) is 0.816. The minimum atomic E-state index is -0.719. The number of hydrogen-bond acceptors (Lipinski definition) is 6. The summed E-state index contributed by atoms with van der Waals surface area (Å²) in [6.07, 6.45) is 5.16. The standard InChI is InChI=1S/C34H43N5O3/c1-22(2)32(41)39(4)27-16-10-23(11-17-27)18-30(40)36-29-19-28(24-8-6-5-7-9-24)31(38-37-29)25-12-14-26(15-13-25)34(35)20-33(3,42)21-34/h5-9,12-15,19,22-23,27,42H,10-11,16-18,20-21,35H2,1-4H3,(H,36,37,40)/t23?,27?,33-,34-. The molecule has 1 heterocycles. The van der Waals surface area contributed by atoms with E-state index in [9.17, 15) is 14.7 Å². The van der Waals surface area contributed by atoms with Crippen molar-refractivity contribution in [2.75, 3.05) is 12.4 Å². The van der Waals surface area contributed by atoms with Gasteiger partial charge in [0.15, 0.2) is 5.82 Å². The van der Waals surface area contributed by atoms with Crippen molar-refractivity contribution < 1.29 is 14.7 Å². The van der Waals surface area contributed by atoms with Crippen molar-refractivity contribution in [3.05, 3.63) is 66.2 Å². The molecule has 2 aliphatic carbocycles. The molecule has 5 rings (SSSR count). The second kappa shape index (κ2) is 11.9. The van der Waals surface area contributed by atoms with Gasteiger partial charge in [-0.2, -0.15) is 0 Å². The van der Waals surface area contributed by atoms with Crippen molar-refractivity contribution >= 4 is 17.6 Å². The molecule has 42 heavy (non-hydrogen) atoms. The number of aromatic nitrogens is 2. The van der Waals surface area contributed by atoms with Crippen LogP contribution in [0.25, 0.3) is 22.4 Å². The van der Waals surface area contributed by atoms with E-state index in [1.165, 1.54) is 0 Å². The Labute approximate surface area is 248 Å². The second-order valence-electron chi connectivity index (χ2n) is 13.0. The Balaban J connectivity index is 1.27. The molecule has 8 nitrogen and oxygen atoms in total. The highest BCUT2D eigenvalue weighted by Gasteiger charge is 2.49. The van der Waals surface area contributed by atoms with Crippen LogP contribution in [0, 0.1) is 11.8 Å². The maximum atomic E-state index is 13.0. The third kappa shape index (κ3) is 6.55. The van der Waals surface area contributed by atoms with Crippen LogP contribution in [-0.2, 0) is 15.1 Å². The first-order chi connectivity index (χ1) is 19.9. The third-order valence-electron chi connectivity index (χ3n) is 8.95. The lowest BCUT2D eigenvalue weighted by Crippen LogP contribution is -2.58. The van der Waals surface area contributed by atoms with Gasteiger partial charge in [0.05, 0.1) is 5.60 Å². The number of amides is 2. The highest BCUT2D eigenvalue weighted by Crippen LogP contribution is 2.46. The summed E-state index contributed by atoms with van der Waals surface area (Å²) in [4.78, 5) is 27.3. The number of nitrogens with zero attached hydrogens (tertiary/aromatic N) is 3. The Bertz CT molecular complexity index is 1400. The van der Waals surface area contributed by atoms with Crippen LogP contribution in [0.15, 0.2) is 60.7 Å². The van der Waals surface area contributed by atoms with E-state index in [-0.39, 0.29) is 29.7 Å². The smallest absolute Gasteiger partial charge is 0.225 e. The van der Waals surface area contributed by atoms with Gasteiger partial charge in [-0.25, -0.2) is 0 Å². The topological polar surface area (TPSA) is 121 Å². The number of carbonyl (C=O) groups excluding carboxylic acids is 2. The average Bonchev–Trinajstić information content (AvgIpc) is 2.96. The first-order valence-corrected chi connectivity index (χ1v) is 15.1. The number of nitrogens with one attached hydrogen (secondary N) is 1. The summed E-state index contributed by atoms with van der Waals surface area (Å²) < 4.78 is 0. The van der Waals surface area contributed by atoms with E-state index in [2.05, 4.69) is 15.5 Å². The maximum Gasteiger partial charge on any atom is 0.225 e. The fourth-order valence-electron chi connectivity index (χ4n) is 6.75. The molecule has 0 radical (unpaired) electrons. The molecule has 0 saturated heterocycles. The van der Waals surface area contributed by atoms with Gasteiger partial charge >= 0.3 is 0 Å². The zero-order chi connectivity index (χ0) is 30.1.